The lowest BCUT2D eigenvalue weighted by Gasteiger charge is -2.32. The highest BCUT2D eigenvalue weighted by atomic mass is 16.2. The summed E-state index contributed by atoms with van der Waals surface area (Å²) in [5.74, 6) is 0.622. The van der Waals surface area contributed by atoms with Crippen LogP contribution in [0.15, 0.2) is 0 Å². The molecule has 1 saturated carbocycles. The van der Waals surface area contributed by atoms with E-state index < -0.39 is 0 Å². The average Bonchev–Trinajstić information content (AvgIpc) is 2.89. The van der Waals surface area contributed by atoms with Crippen LogP contribution in [0.3, 0.4) is 0 Å². The van der Waals surface area contributed by atoms with Crippen LogP contribution in [0, 0.1) is 17.2 Å². The van der Waals surface area contributed by atoms with Gasteiger partial charge in [0.25, 0.3) is 0 Å². The van der Waals surface area contributed by atoms with Gasteiger partial charge < -0.3 is 10.6 Å². The lowest BCUT2D eigenvalue weighted by Crippen LogP contribution is -2.46. The van der Waals surface area contributed by atoms with Gasteiger partial charge in [-0.3, -0.25) is 9.69 Å². The Labute approximate surface area is 116 Å². The first-order chi connectivity index (χ1) is 9.13. The Morgan fingerprint density at radius 3 is 2.79 bits per heavy atom. The van der Waals surface area contributed by atoms with E-state index in [9.17, 15) is 4.79 Å². The second-order valence-corrected chi connectivity index (χ2v) is 5.28. The van der Waals surface area contributed by atoms with E-state index in [1.165, 1.54) is 12.8 Å². The summed E-state index contributed by atoms with van der Waals surface area (Å²) in [6, 6.07) is 2.52. The van der Waals surface area contributed by atoms with Gasteiger partial charge in [0, 0.05) is 19.6 Å². The van der Waals surface area contributed by atoms with E-state index in [0.717, 1.165) is 13.0 Å². The Morgan fingerprint density at radius 1 is 1.47 bits per heavy atom. The number of hydrogen-bond acceptors (Lipinski definition) is 4. The minimum Gasteiger partial charge on any atom is -0.344 e. The van der Waals surface area contributed by atoms with Crippen molar-refractivity contribution >= 4 is 5.91 Å². The van der Waals surface area contributed by atoms with Crippen molar-refractivity contribution in [3.63, 3.8) is 0 Å². The molecule has 2 atom stereocenters. The summed E-state index contributed by atoms with van der Waals surface area (Å²) in [5, 5.41) is 8.55. The van der Waals surface area contributed by atoms with Gasteiger partial charge in [-0.15, -0.1) is 0 Å². The highest BCUT2D eigenvalue weighted by molar-refractivity contribution is 5.78. The van der Waals surface area contributed by atoms with Crippen molar-refractivity contribution in [3.05, 3.63) is 0 Å². The number of nitriles is 1. The number of nitrogens with two attached hydrogens (primary N) is 1. The summed E-state index contributed by atoms with van der Waals surface area (Å²) in [6.07, 6.45) is 3.92. The van der Waals surface area contributed by atoms with Gasteiger partial charge in [0.2, 0.25) is 5.91 Å². The maximum Gasteiger partial charge on any atom is 0.236 e. The fraction of sp³-hybridized carbons (Fsp3) is 0.857. The fourth-order valence-electron chi connectivity index (χ4n) is 2.87. The van der Waals surface area contributed by atoms with Crippen molar-refractivity contribution in [3.8, 4) is 6.07 Å². The van der Waals surface area contributed by atoms with Crippen molar-refractivity contribution in [2.45, 2.75) is 38.6 Å². The summed E-state index contributed by atoms with van der Waals surface area (Å²) in [4.78, 5) is 16.0. The Hall–Kier alpha value is -1.12. The van der Waals surface area contributed by atoms with Gasteiger partial charge in [-0.05, 0) is 31.8 Å². The summed E-state index contributed by atoms with van der Waals surface area (Å²) < 4.78 is 0. The Bertz CT molecular complexity index is 326. The minimum absolute atomic E-state index is 0.0970. The third-order valence-corrected chi connectivity index (χ3v) is 4.12. The first kappa shape index (κ1) is 15.9. The minimum atomic E-state index is 0.0970. The zero-order chi connectivity index (χ0) is 14.3. The third-order valence-electron chi connectivity index (χ3n) is 4.12. The van der Waals surface area contributed by atoms with Crippen LogP contribution in [0.25, 0.3) is 0 Å². The smallest absolute Gasteiger partial charge is 0.236 e. The summed E-state index contributed by atoms with van der Waals surface area (Å²) in [7, 11) is 1.77. The van der Waals surface area contributed by atoms with E-state index >= 15 is 0 Å². The molecule has 0 spiro atoms. The Morgan fingerprint density at radius 2 is 2.21 bits per heavy atom. The molecule has 0 radical (unpaired) electrons. The van der Waals surface area contributed by atoms with Gasteiger partial charge >= 0.3 is 0 Å². The molecule has 2 N–H and O–H groups in total. The number of rotatable bonds is 7. The molecule has 1 amide bonds. The van der Waals surface area contributed by atoms with Crippen LogP contribution in [0.5, 0.6) is 0 Å². The maximum absolute atomic E-state index is 12.1. The van der Waals surface area contributed by atoms with Crippen LogP contribution < -0.4 is 5.73 Å². The number of carbonyl (C=O) groups excluding carboxylic acids is 1. The van der Waals surface area contributed by atoms with Gasteiger partial charge in [0.15, 0.2) is 0 Å². The Balaban J connectivity index is 2.52. The number of amides is 1. The van der Waals surface area contributed by atoms with Gasteiger partial charge in [-0.1, -0.05) is 13.3 Å². The molecular weight excluding hydrogens is 240 g/mol. The lowest BCUT2D eigenvalue weighted by atomic mass is 10.0. The molecule has 0 aliphatic heterocycles. The molecule has 2 unspecified atom stereocenters. The van der Waals surface area contributed by atoms with Crippen LogP contribution >= 0.6 is 0 Å². The predicted molar refractivity (Wildman–Crippen MR) is 75.3 cm³/mol. The van der Waals surface area contributed by atoms with Gasteiger partial charge in [0.05, 0.1) is 19.0 Å². The van der Waals surface area contributed by atoms with Crippen LogP contribution in [0.2, 0.25) is 0 Å². The van der Waals surface area contributed by atoms with Gasteiger partial charge in [-0.25, -0.2) is 0 Å². The van der Waals surface area contributed by atoms with Crippen LogP contribution in [-0.2, 0) is 4.79 Å². The van der Waals surface area contributed by atoms with Crippen molar-refractivity contribution in [1.82, 2.24) is 9.80 Å². The van der Waals surface area contributed by atoms with E-state index in [1.807, 2.05) is 0 Å². The quantitative estimate of drug-likeness (QED) is 0.740. The molecule has 1 rings (SSSR count). The van der Waals surface area contributed by atoms with E-state index in [2.05, 4.69) is 17.9 Å². The second-order valence-electron chi connectivity index (χ2n) is 5.28. The van der Waals surface area contributed by atoms with E-state index in [4.69, 9.17) is 11.0 Å². The molecule has 108 valence electrons. The van der Waals surface area contributed by atoms with Crippen molar-refractivity contribution in [2.75, 3.05) is 33.2 Å². The first-order valence-electron chi connectivity index (χ1n) is 7.19. The predicted octanol–water partition coefficient (Wildman–Crippen LogP) is 0.808. The van der Waals surface area contributed by atoms with Crippen LogP contribution in [-0.4, -0.2) is 55.0 Å². The summed E-state index contributed by atoms with van der Waals surface area (Å²) in [5.41, 5.74) is 5.81. The molecule has 1 fully saturated rings. The molecule has 0 aromatic carbocycles. The average molecular weight is 266 g/mol. The molecule has 19 heavy (non-hydrogen) atoms. The SMILES string of the molecule is CCN(CC(=O)N(C)CCC#N)C1CCCC1CN. The molecule has 0 aromatic rings. The molecular formula is C14H26N4O. The zero-order valence-electron chi connectivity index (χ0n) is 12.1. The Kier molecular flexibility index (Phi) is 6.82. The van der Waals surface area contributed by atoms with Gasteiger partial charge in [-0.2, -0.15) is 5.26 Å². The highest BCUT2D eigenvalue weighted by Crippen LogP contribution is 2.29. The van der Waals surface area contributed by atoms with E-state index in [1.54, 1.807) is 11.9 Å². The molecule has 0 bridgehead atoms. The molecule has 0 aromatic heterocycles. The van der Waals surface area contributed by atoms with Crippen LogP contribution in [0.4, 0.5) is 0 Å². The number of nitrogens with zero attached hydrogens (tertiary/aromatic N) is 3. The fourth-order valence-corrected chi connectivity index (χ4v) is 2.87. The highest BCUT2D eigenvalue weighted by Gasteiger charge is 2.31. The summed E-state index contributed by atoms with van der Waals surface area (Å²) in [6.45, 7) is 4.63. The monoisotopic (exact) mass is 266 g/mol. The maximum atomic E-state index is 12.1. The number of carbonyl (C=O) groups is 1. The van der Waals surface area contributed by atoms with Crippen molar-refractivity contribution in [2.24, 2.45) is 11.7 Å². The van der Waals surface area contributed by atoms with E-state index in [-0.39, 0.29) is 5.91 Å². The van der Waals surface area contributed by atoms with Crippen molar-refractivity contribution < 1.29 is 4.79 Å². The van der Waals surface area contributed by atoms with Crippen LogP contribution in [0.1, 0.15) is 32.6 Å². The van der Waals surface area contributed by atoms with E-state index in [0.29, 0.717) is 38.0 Å². The summed E-state index contributed by atoms with van der Waals surface area (Å²) >= 11 is 0. The standard InChI is InChI=1S/C14H26N4O/c1-3-18(13-7-4-6-12(13)10-16)11-14(19)17(2)9-5-8-15/h12-13H,3-7,9-11,16H2,1-2H3. The first-order valence-corrected chi connectivity index (χ1v) is 7.19. The normalized spacial score (nSPS) is 22.5. The molecule has 0 heterocycles. The molecule has 0 saturated heterocycles. The second kappa shape index (κ2) is 8.13. The molecule has 1 aliphatic carbocycles. The van der Waals surface area contributed by atoms with Crippen molar-refractivity contribution in [1.29, 1.82) is 5.26 Å². The number of likely N-dealkylation sites (N-methyl/N-ethyl adjacent to an activating group) is 2. The largest absolute Gasteiger partial charge is 0.344 e. The molecule has 1 aliphatic rings. The topological polar surface area (TPSA) is 73.4 Å². The number of hydrogen-bond donors (Lipinski definition) is 1. The zero-order valence-corrected chi connectivity index (χ0v) is 12.1. The molecule has 5 nitrogen and oxygen atoms in total. The lowest BCUT2D eigenvalue weighted by molar-refractivity contribution is -0.131. The van der Waals surface area contributed by atoms with Gasteiger partial charge in [0.1, 0.15) is 0 Å². The third kappa shape index (κ3) is 4.48. The molecule has 5 heteroatoms.